The molecule has 0 aliphatic rings. The quantitative estimate of drug-likeness (QED) is 0.475. The highest BCUT2D eigenvalue weighted by atomic mass is 32.2. The third-order valence-corrected chi connectivity index (χ3v) is 2.72. The third kappa shape index (κ3) is 7.64. The molecule has 0 fully saturated rings. The van der Waals surface area contributed by atoms with Crippen molar-refractivity contribution in [1.82, 2.24) is 5.32 Å². The van der Waals surface area contributed by atoms with E-state index in [1.807, 2.05) is 0 Å². The van der Waals surface area contributed by atoms with E-state index in [1.54, 1.807) is 18.9 Å². The van der Waals surface area contributed by atoms with Gasteiger partial charge in [0.15, 0.2) is 0 Å². The summed E-state index contributed by atoms with van der Waals surface area (Å²) < 4.78 is 9.64. The summed E-state index contributed by atoms with van der Waals surface area (Å²) >= 11 is 1.79. The molecule has 0 rings (SSSR count). The second-order valence-corrected chi connectivity index (χ2v) is 4.14. The van der Waals surface area contributed by atoms with Gasteiger partial charge in [-0.25, -0.2) is 0 Å². The minimum Gasteiger partial charge on any atom is -0.468 e. The van der Waals surface area contributed by atoms with Crippen molar-refractivity contribution >= 4 is 17.7 Å². The Kier molecular flexibility index (Phi) is 10.1. The molecule has 1 atom stereocenters. The molecule has 0 aromatic carbocycles. The number of thioether (sulfide) groups is 1. The SMILES string of the molecule is COCCNC(CCCSC)C(=O)OC. The highest BCUT2D eigenvalue weighted by Gasteiger charge is 2.17. The first-order valence-corrected chi connectivity index (χ1v) is 6.44. The lowest BCUT2D eigenvalue weighted by molar-refractivity contribution is -0.143. The van der Waals surface area contributed by atoms with Gasteiger partial charge in [-0.15, -0.1) is 0 Å². The molecule has 5 heteroatoms. The fraction of sp³-hybridized carbons (Fsp3) is 0.900. The molecule has 1 N–H and O–H groups in total. The number of carbonyl (C=O) groups excluding carboxylic acids is 1. The van der Waals surface area contributed by atoms with E-state index in [2.05, 4.69) is 11.6 Å². The number of hydrogen-bond donors (Lipinski definition) is 1. The van der Waals surface area contributed by atoms with Crippen LogP contribution in [0.2, 0.25) is 0 Å². The topological polar surface area (TPSA) is 47.6 Å². The lowest BCUT2D eigenvalue weighted by Crippen LogP contribution is -2.39. The summed E-state index contributed by atoms with van der Waals surface area (Å²) in [6.07, 6.45) is 3.89. The van der Waals surface area contributed by atoms with Crippen molar-refractivity contribution in [2.45, 2.75) is 18.9 Å². The maximum atomic E-state index is 11.4. The summed E-state index contributed by atoms with van der Waals surface area (Å²) in [6.45, 7) is 1.28. The van der Waals surface area contributed by atoms with Crippen molar-refractivity contribution in [3.05, 3.63) is 0 Å². The largest absolute Gasteiger partial charge is 0.468 e. The van der Waals surface area contributed by atoms with E-state index in [0.717, 1.165) is 18.6 Å². The lowest BCUT2D eigenvalue weighted by atomic mass is 10.1. The monoisotopic (exact) mass is 235 g/mol. The standard InChI is InChI=1S/C10H21NO3S/c1-13-7-6-11-9(10(12)14-2)5-4-8-15-3/h9,11H,4-8H2,1-3H3. The van der Waals surface area contributed by atoms with Crippen molar-refractivity contribution in [2.24, 2.45) is 0 Å². The second kappa shape index (κ2) is 10.3. The Labute approximate surface area is 96.1 Å². The molecule has 0 amide bonds. The Morgan fingerprint density at radius 1 is 1.47 bits per heavy atom. The van der Waals surface area contributed by atoms with Gasteiger partial charge in [-0.05, 0) is 24.9 Å². The van der Waals surface area contributed by atoms with Crippen LogP contribution in [0, 0.1) is 0 Å². The van der Waals surface area contributed by atoms with Gasteiger partial charge in [0.1, 0.15) is 6.04 Å². The van der Waals surface area contributed by atoms with Gasteiger partial charge in [0, 0.05) is 13.7 Å². The van der Waals surface area contributed by atoms with Crippen molar-refractivity contribution < 1.29 is 14.3 Å². The first-order chi connectivity index (χ1) is 7.26. The van der Waals surface area contributed by atoms with E-state index in [-0.39, 0.29) is 12.0 Å². The maximum Gasteiger partial charge on any atom is 0.322 e. The summed E-state index contributed by atoms with van der Waals surface area (Å²) in [5.74, 6) is 0.881. The number of esters is 1. The Morgan fingerprint density at radius 2 is 2.20 bits per heavy atom. The molecule has 90 valence electrons. The molecule has 0 saturated carbocycles. The summed E-state index contributed by atoms with van der Waals surface area (Å²) in [7, 11) is 3.06. The Bertz CT molecular complexity index is 157. The fourth-order valence-electron chi connectivity index (χ4n) is 1.21. The summed E-state index contributed by atoms with van der Waals surface area (Å²) in [5.41, 5.74) is 0. The van der Waals surface area contributed by atoms with E-state index in [0.29, 0.717) is 13.2 Å². The van der Waals surface area contributed by atoms with Crippen LogP contribution in [0.15, 0.2) is 0 Å². The van der Waals surface area contributed by atoms with Crippen LogP contribution in [0.1, 0.15) is 12.8 Å². The minimum atomic E-state index is -0.197. The normalized spacial score (nSPS) is 12.5. The molecule has 0 aromatic heterocycles. The van der Waals surface area contributed by atoms with Gasteiger partial charge < -0.3 is 14.8 Å². The van der Waals surface area contributed by atoms with E-state index in [1.165, 1.54) is 7.11 Å². The zero-order valence-electron chi connectivity index (χ0n) is 9.75. The predicted octanol–water partition coefficient (Wildman–Crippen LogP) is 0.907. The third-order valence-electron chi connectivity index (χ3n) is 2.02. The van der Waals surface area contributed by atoms with Crippen molar-refractivity contribution in [2.75, 3.05) is 39.4 Å². The van der Waals surface area contributed by atoms with E-state index in [4.69, 9.17) is 9.47 Å². The van der Waals surface area contributed by atoms with Crippen LogP contribution >= 0.6 is 11.8 Å². The highest BCUT2D eigenvalue weighted by Crippen LogP contribution is 2.04. The van der Waals surface area contributed by atoms with Gasteiger partial charge in [0.05, 0.1) is 13.7 Å². The summed E-state index contributed by atoms with van der Waals surface area (Å²) in [4.78, 5) is 11.4. The zero-order chi connectivity index (χ0) is 11.5. The van der Waals surface area contributed by atoms with Crippen molar-refractivity contribution in [1.29, 1.82) is 0 Å². The average molecular weight is 235 g/mol. The molecular formula is C10H21NO3S. The van der Waals surface area contributed by atoms with Gasteiger partial charge in [0.2, 0.25) is 0 Å². The molecular weight excluding hydrogens is 214 g/mol. The van der Waals surface area contributed by atoms with Gasteiger partial charge in [-0.1, -0.05) is 0 Å². The lowest BCUT2D eigenvalue weighted by Gasteiger charge is -2.15. The number of carbonyl (C=O) groups is 1. The van der Waals surface area contributed by atoms with Gasteiger partial charge in [0.25, 0.3) is 0 Å². The highest BCUT2D eigenvalue weighted by molar-refractivity contribution is 7.98. The smallest absolute Gasteiger partial charge is 0.322 e. The second-order valence-electron chi connectivity index (χ2n) is 3.16. The van der Waals surface area contributed by atoms with Crippen LogP contribution < -0.4 is 5.32 Å². The average Bonchev–Trinajstić information content (AvgIpc) is 2.26. The minimum absolute atomic E-state index is 0.188. The van der Waals surface area contributed by atoms with Gasteiger partial charge in [-0.3, -0.25) is 4.79 Å². The fourth-order valence-corrected chi connectivity index (χ4v) is 1.67. The molecule has 0 heterocycles. The molecule has 0 saturated heterocycles. The molecule has 4 nitrogen and oxygen atoms in total. The van der Waals surface area contributed by atoms with E-state index < -0.39 is 0 Å². The molecule has 0 aromatic rings. The maximum absolute atomic E-state index is 11.4. The Morgan fingerprint density at radius 3 is 2.73 bits per heavy atom. The summed E-state index contributed by atoms with van der Waals surface area (Å²) in [5, 5.41) is 3.12. The van der Waals surface area contributed by atoms with E-state index in [9.17, 15) is 4.79 Å². The van der Waals surface area contributed by atoms with E-state index >= 15 is 0 Å². The van der Waals surface area contributed by atoms with Crippen LogP contribution in [-0.2, 0) is 14.3 Å². The number of ether oxygens (including phenoxy) is 2. The van der Waals surface area contributed by atoms with Crippen LogP contribution in [-0.4, -0.2) is 51.4 Å². The zero-order valence-corrected chi connectivity index (χ0v) is 10.6. The molecule has 0 aliphatic carbocycles. The summed E-state index contributed by atoms with van der Waals surface area (Å²) in [6, 6.07) is -0.197. The first-order valence-electron chi connectivity index (χ1n) is 5.05. The van der Waals surface area contributed by atoms with Crippen LogP contribution in [0.5, 0.6) is 0 Å². The first kappa shape index (κ1) is 14.7. The number of methoxy groups -OCH3 is 2. The predicted molar refractivity (Wildman–Crippen MR) is 63.3 cm³/mol. The Balaban J connectivity index is 3.79. The molecule has 0 spiro atoms. The number of nitrogens with one attached hydrogen (secondary N) is 1. The van der Waals surface area contributed by atoms with Crippen LogP contribution in [0.25, 0.3) is 0 Å². The van der Waals surface area contributed by atoms with Gasteiger partial charge in [-0.2, -0.15) is 11.8 Å². The number of rotatable bonds is 9. The molecule has 0 bridgehead atoms. The molecule has 0 aliphatic heterocycles. The van der Waals surface area contributed by atoms with Crippen LogP contribution in [0.3, 0.4) is 0 Å². The molecule has 15 heavy (non-hydrogen) atoms. The van der Waals surface area contributed by atoms with Crippen molar-refractivity contribution in [3.8, 4) is 0 Å². The molecule has 0 radical (unpaired) electrons. The van der Waals surface area contributed by atoms with Crippen molar-refractivity contribution in [3.63, 3.8) is 0 Å². The number of hydrogen-bond acceptors (Lipinski definition) is 5. The van der Waals surface area contributed by atoms with Gasteiger partial charge >= 0.3 is 5.97 Å². The van der Waals surface area contributed by atoms with Crippen LogP contribution in [0.4, 0.5) is 0 Å². The Hall–Kier alpha value is -0.260. The molecule has 1 unspecified atom stereocenters.